The summed E-state index contributed by atoms with van der Waals surface area (Å²) in [5.41, 5.74) is 14.4. The van der Waals surface area contributed by atoms with Crippen molar-refractivity contribution < 1.29 is 0 Å². The van der Waals surface area contributed by atoms with Crippen molar-refractivity contribution in [3.05, 3.63) is 237 Å². The molecule has 0 bridgehead atoms. The molecule has 0 saturated carbocycles. The Balaban J connectivity index is 0.935. The van der Waals surface area contributed by atoms with E-state index in [-0.39, 0.29) is 0 Å². The van der Waals surface area contributed by atoms with Gasteiger partial charge in [0.1, 0.15) is 0 Å². The van der Waals surface area contributed by atoms with E-state index in [1.165, 1.54) is 43.7 Å². The SMILES string of the molecule is c1ccc(-c2ccc(-n3c4ccccc4c4cc(-c5ccc6c(c5)c5ccccc5n6-c5nc(-c6ccccc6)nc(-c6cccc(-c7ccc8ccccc8c7)c6)n5)ccc43)cc2)cc1. The van der Waals surface area contributed by atoms with Crippen LogP contribution in [0.1, 0.15) is 0 Å². The number of fused-ring (bicyclic) bond motifs is 7. The number of hydrogen-bond donors (Lipinski definition) is 0. The van der Waals surface area contributed by atoms with Crippen LogP contribution in [0.4, 0.5) is 0 Å². The number of para-hydroxylation sites is 2. The van der Waals surface area contributed by atoms with Gasteiger partial charge in [-0.1, -0.05) is 176 Å². The zero-order valence-corrected chi connectivity index (χ0v) is 35.8. The van der Waals surface area contributed by atoms with Crippen LogP contribution in [-0.4, -0.2) is 24.1 Å². The van der Waals surface area contributed by atoms with Crippen LogP contribution in [-0.2, 0) is 0 Å². The molecule has 5 heteroatoms. The Bertz CT molecular complexity index is 3980. The first kappa shape index (κ1) is 37.6. The third-order valence-corrected chi connectivity index (χ3v) is 13.0. The van der Waals surface area contributed by atoms with Gasteiger partial charge < -0.3 is 4.57 Å². The Labute approximate surface area is 381 Å². The first-order valence-corrected chi connectivity index (χ1v) is 22.3. The summed E-state index contributed by atoms with van der Waals surface area (Å²) in [5.74, 6) is 1.80. The third-order valence-electron chi connectivity index (χ3n) is 13.0. The molecule has 13 rings (SSSR count). The van der Waals surface area contributed by atoms with E-state index < -0.39 is 0 Å². The van der Waals surface area contributed by atoms with Crippen molar-refractivity contribution in [1.29, 1.82) is 0 Å². The lowest BCUT2D eigenvalue weighted by Crippen LogP contribution is -2.06. The zero-order valence-electron chi connectivity index (χ0n) is 35.8. The molecule has 0 spiro atoms. The summed E-state index contributed by atoms with van der Waals surface area (Å²) in [6.07, 6.45) is 0. The highest BCUT2D eigenvalue weighted by Crippen LogP contribution is 2.39. The van der Waals surface area contributed by atoms with Crippen LogP contribution < -0.4 is 0 Å². The van der Waals surface area contributed by atoms with Gasteiger partial charge in [-0.15, -0.1) is 0 Å². The summed E-state index contributed by atoms with van der Waals surface area (Å²) in [7, 11) is 0. The molecule has 0 N–H and O–H groups in total. The molecule has 0 unspecified atom stereocenters. The van der Waals surface area contributed by atoms with Crippen LogP contribution >= 0.6 is 0 Å². The molecule has 0 fully saturated rings. The molecule has 0 aliphatic carbocycles. The summed E-state index contributed by atoms with van der Waals surface area (Å²) in [6.45, 7) is 0. The highest BCUT2D eigenvalue weighted by molar-refractivity contribution is 6.12. The van der Waals surface area contributed by atoms with Crippen LogP contribution in [0, 0.1) is 0 Å². The third kappa shape index (κ3) is 6.36. The van der Waals surface area contributed by atoms with Crippen LogP contribution in [0.3, 0.4) is 0 Å². The fourth-order valence-electron chi connectivity index (χ4n) is 9.75. The van der Waals surface area contributed by atoms with Crippen LogP contribution in [0.2, 0.25) is 0 Å². The standard InChI is InChI=1S/C61H39N5/c1-3-14-40(15-4-1)42-28-32-50(33-29-42)65-55-24-11-9-22-51(55)53-38-47(30-34-57(53)65)48-31-35-58-54(39-48)52-23-10-12-25-56(52)66(58)61-63-59(43-17-5-2-6-18-43)62-60(64-61)49-21-13-20-45(37-49)46-27-26-41-16-7-8-19-44(41)36-46/h1-39H. The quantitative estimate of drug-likeness (QED) is 0.161. The van der Waals surface area contributed by atoms with Crippen molar-refractivity contribution in [3.63, 3.8) is 0 Å². The average Bonchev–Trinajstić information content (AvgIpc) is 3.91. The monoisotopic (exact) mass is 841 g/mol. The van der Waals surface area contributed by atoms with Crippen molar-refractivity contribution in [3.8, 4) is 67.8 Å². The Morgan fingerprint density at radius 3 is 1.39 bits per heavy atom. The summed E-state index contributed by atoms with van der Waals surface area (Å²) in [4.78, 5) is 15.6. The van der Waals surface area contributed by atoms with E-state index in [0.717, 1.165) is 60.9 Å². The van der Waals surface area contributed by atoms with Crippen molar-refractivity contribution in [2.45, 2.75) is 0 Å². The van der Waals surface area contributed by atoms with Gasteiger partial charge in [-0.2, -0.15) is 9.97 Å². The first-order valence-electron chi connectivity index (χ1n) is 22.3. The topological polar surface area (TPSA) is 48.5 Å². The number of benzene rings is 10. The molecule has 66 heavy (non-hydrogen) atoms. The molecule has 13 aromatic rings. The fraction of sp³-hybridized carbons (Fsp3) is 0. The van der Waals surface area contributed by atoms with Gasteiger partial charge in [0, 0.05) is 38.4 Å². The second-order valence-corrected chi connectivity index (χ2v) is 16.9. The van der Waals surface area contributed by atoms with Gasteiger partial charge in [-0.25, -0.2) is 4.98 Å². The summed E-state index contributed by atoms with van der Waals surface area (Å²) in [5, 5.41) is 7.13. The summed E-state index contributed by atoms with van der Waals surface area (Å²) >= 11 is 0. The van der Waals surface area contributed by atoms with Crippen molar-refractivity contribution in [1.82, 2.24) is 24.1 Å². The highest BCUT2D eigenvalue weighted by atomic mass is 15.2. The van der Waals surface area contributed by atoms with Gasteiger partial charge in [-0.05, 0) is 105 Å². The molecule has 308 valence electrons. The molecule has 3 aromatic heterocycles. The largest absolute Gasteiger partial charge is 0.309 e. The van der Waals surface area contributed by atoms with E-state index in [9.17, 15) is 0 Å². The zero-order chi connectivity index (χ0) is 43.6. The predicted molar refractivity (Wildman–Crippen MR) is 273 cm³/mol. The Hall–Kier alpha value is -8.93. The summed E-state index contributed by atoms with van der Waals surface area (Å²) < 4.78 is 4.57. The van der Waals surface area contributed by atoms with E-state index in [1.54, 1.807) is 0 Å². The van der Waals surface area contributed by atoms with E-state index >= 15 is 0 Å². The van der Waals surface area contributed by atoms with Gasteiger partial charge in [0.15, 0.2) is 11.6 Å². The fourth-order valence-corrected chi connectivity index (χ4v) is 9.75. The van der Waals surface area contributed by atoms with Gasteiger partial charge in [0.25, 0.3) is 0 Å². The molecular weight excluding hydrogens is 803 g/mol. The second-order valence-electron chi connectivity index (χ2n) is 16.9. The second kappa shape index (κ2) is 15.4. The van der Waals surface area contributed by atoms with E-state index in [0.29, 0.717) is 17.6 Å². The summed E-state index contributed by atoms with van der Waals surface area (Å²) in [6, 6.07) is 84.2. The lowest BCUT2D eigenvalue weighted by atomic mass is 9.99. The van der Waals surface area contributed by atoms with Gasteiger partial charge in [0.2, 0.25) is 5.95 Å². The van der Waals surface area contributed by atoms with E-state index in [1.807, 2.05) is 18.2 Å². The molecule has 0 saturated heterocycles. The maximum atomic E-state index is 5.29. The van der Waals surface area contributed by atoms with E-state index in [2.05, 4.69) is 228 Å². The Morgan fingerprint density at radius 1 is 0.242 bits per heavy atom. The minimum absolute atomic E-state index is 0.569. The molecule has 0 atom stereocenters. The molecular formula is C61H39N5. The average molecular weight is 842 g/mol. The molecule has 0 aliphatic rings. The number of aromatic nitrogens is 5. The Kier molecular flexibility index (Phi) is 8.78. The number of hydrogen-bond acceptors (Lipinski definition) is 3. The predicted octanol–water partition coefficient (Wildman–Crippen LogP) is 15.6. The minimum Gasteiger partial charge on any atom is -0.309 e. The highest BCUT2D eigenvalue weighted by Gasteiger charge is 2.20. The number of nitrogens with zero attached hydrogens (tertiary/aromatic N) is 5. The molecule has 0 radical (unpaired) electrons. The van der Waals surface area contributed by atoms with Gasteiger partial charge in [0.05, 0.1) is 22.1 Å². The van der Waals surface area contributed by atoms with Crippen LogP contribution in [0.5, 0.6) is 0 Å². The lowest BCUT2D eigenvalue weighted by molar-refractivity contribution is 0.953. The molecule has 3 heterocycles. The normalized spacial score (nSPS) is 11.6. The van der Waals surface area contributed by atoms with Crippen molar-refractivity contribution in [2.24, 2.45) is 0 Å². The molecule has 5 nitrogen and oxygen atoms in total. The smallest absolute Gasteiger partial charge is 0.238 e. The lowest BCUT2D eigenvalue weighted by Gasteiger charge is -2.12. The molecule has 0 aliphatic heterocycles. The maximum absolute atomic E-state index is 5.29. The number of rotatable bonds is 7. The first-order chi connectivity index (χ1) is 32.7. The minimum atomic E-state index is 0.569. The molecule has 10 aromatic carbocycles. The maximum Gasteiger partial charge on any atom is 0.238 e. The van der Waals surface area contributed by atoms with Crippen molar-refractivity contribution >= 4 is 54.4 Å². The van der Waals surface area contributed by atoms with E-state index in [4.69, 9.17) is 15.0 Å². The van der Waals surface area contributed by atoms with Crippen LogP contribution in [0.15, 0.2) is 237 Å². The van der Waals surface area contributed by atoms with Crippen LogP contribution in [0.25, 0.3) is 122 Å². The Morgan fingerprint density at radius 2 is 0.697 bits per heavy atom. The molecule has 0 amide bonds. The van der Waals surface area contributed by atoms with Gasteiger partial charge in [-0.3, -0.25) is 4.57 Å². The van der Waals surface area contributed by atoms with Crippen molar-refractivity contribution in [2.75, 3.05) is 0 Å². The van der Waals surface area contributed by atoms with Gasteiger partial charge >= 0.3 is 0 Å².